The average Bonchev–Trinajstić information content (AvgIpc) is 2.39. The predicted molar refractivity (Wildman–Crippen MR) is 72.6 cm³/mol. The predicted octanol–water partition coefficient (Wildman–Crippen LogP) is 4.44. The van der Waals surface area contributed by atoms with E-state index < -0.39 is 0 Å². The molecule has 0 aromatic heterocycles. The van der Waals surface area contributed by atoms with Gasteiger partial charge in [0, 0.05) is 10.7 Å². The quantitative estimate of drug-likeness (QED) is 0.781. The second-order valence-corrected chi connectivity index (χ2v) is 4.88. The van der Waals surface area contributed by atoms with Gasteiger partial charge < -0.3 is 5.32 Å². The number of hydrogen-bond acceptors (Lipinski definition) is 1. The van der Waals surface area contributed by atoms with Crippen LogP contribution in [-0.2, 0) is 6.42 Å². The van der Waals surface area contributed by atoms with E-state index in [4.69, 9.17) is 11.6 Å². The van der Waals surface area contributed by atoms with Crippen LogP contribution in [-0.4, -0.2) is 0 Å². The molecule has 2 aromatic rings. The van der Waals surface area contributed by atoms with E-state index >= 15 is 0 Å². The van der Waals surface area contributed by atoms with Crippen molar-refractivity contribution in [2.45, 2.75) is 18.9 Å². The lowest BCUT2D eigenvalue weighted by Crippen LogP contribution is -2.17. The van der Waals surface area contributed by atoms with Crippen LogP contribution in [0.1, 0.15) is 23.6 Å². The van der Waals surface area contributed by atoms with E-state index in [1.807, 2.05) is 6.07 Å². The fraction of sp³-hybridized carbons (Fsp3) is 0.200. The Morgan fingerprint density at radius 3 is 2.71 bits per heavy atom. The van der Waals surface area contributed by atoms with E-state index in [1.54, 1.807) is 0 Å². The zero-order chi connectivity index (χ0) is 11.7. The van der Waals surface area contributed by atoms with Crippen LogP contribution in [0, 0.1) is 0 Å². The van der Waals surface area contributed by atoms with Gasteiger partial charge in [0.2, 0.25) is 0 Å². The van der Waals surface area contributed by atoms with Gasteiger partial charge in [-0.3, -0.25) is 0 Å². The van der Waals surface area contributed by atoms with Crippen molar-refractivity contribution in [3.8, 4) is 0 Å². The molecule has 0 saturated heterocycles. The zero-order valence-corrected chi connectivity index (χ0v) is 10.2. The molecule has 1 heterocycles. The van der Waals surface area contributed by atoms with Crippen LogP contribution in [0.4, 0.5) is 5.69 Å². The number of anilines is 1. The Morgan fingerprint density at radius 1 is 1.06 bits per heavy atom. The van der Waals surface area contributed by atoms with Crippen LogP contribution in [0.15, 0.2) is 48.5 Å². The molecule has 0 saturated carbocycles. The lowest BCUT2D eigenvalue weighted by Gasteiger charge is -2.27. The van der Waals surface area contributed by atoms with Crippen molar-refractivity contribution in [2.24, 2.45) is 0 Å². The molecule has 2 heteroatoms. The number of nitrogens with one attached hydrogen (secondary N) is 1. The molecule has 1 aliphatic heterocycles. The third-order valence-electron chi connectivity index (χ3n) is 3.30. The highest BCUT2D eigenvalue weighted by Gasteiger charge is 2.18. The van der Waals surface area contributed by atoms with Gasteiger partial charge in [0.25, 0.3) is 0 Å². The van der Waals surface area contributed by atoms with E-state index in [2.05, 4.69) is 47.8 Å². The van der Waals surface area contributed by atoms with Gasteiger partial charge in [-0.05, 0) is 42.2 Å². The molecule has 0 aliphatic carbocycles. The van der Waals surface area contributed by atoms with Crippen molar-refractivity contribution in [1.82, 2.24) is 0 Å². The minimum atomic E-state index is 0.421. The summed E-state index contributed by atoms with van der Waals surface area (Å²) in [7, 11) is 0. The maximum absolute atomic E-state index is 6.00. The third kappa shape index (κ3) is 2.16. The van der Waals surface area contributed by atoms with Crippen LogP contribution in [0.5, 0.6) is 0 Å². The molecule has 1 atom stereocenters. The maximum atomic E-state index is 6.00. The molecule has 1 aliphatic rings. The third-order valence-corrected chi connectivity index (χ3v) is 3.54. The molecule has 0 unspecified atom stereocenters. The molecule has 3 rings (SSSR count). The molecule has 0 spiro atoms. The Morgan fingerprint density at radius 2 is 1.88 bits per heavy atom. The fourth-order valence-electron chi connectivity index (χ4n) is 2.41. The number of fused-ring (bicyclic) bond motifs is 1. The van der Waals surface area contributed by atoms with Gasteiger partial charge in [0.05, 0.1) is 6.04 Å². The molecular formula is C15H14ClN. The van der Waals surface area contributed by atoms with E-state index in [-0.39, 0.29) is 0 Å². The summed E-state index contributed by atoms with van der Waals surface area (Å²) in [4.78, 5) is 0. The first kappa shape index (κ1) is 10.7. The summed E-state index contributed by atoms with van der Waals surface area (Å²) < 4.78 is 0. The SMILES string of the molecule is Clc1ccc2c(c1)CC[C@@H](c1ccccc1)N2. The smallest absolute Gasteiger partial charge is 0.0517 e. The molecule has 1 N–H and O–H groups in total. The highest BCUT2D eigenvalue weighted by atomic mass is 35.5. The van der Waals surface area contributed by atoms with Crippen molar-refractivity contribution in [1.29, 1.82) is 0 Å². The normalized spacial score (nSPS) is 18.3. The fourth-order valence-corrected chi connectivity index (χ4v) is 2.60. The van der Waals surface area contributed by atoms with Crippen LogP contribution in [0.25, 0.3) is 0 Å². The molecule has 0 fully saturated rings. The Bertz CT molecular complexity index is 522. The Kier molecular flexibility index (Phi) is 2.77. The van der Waals surface area contributed by atoms with Crippen LogP contribution >= 0.6 is 11.6 Å². The molecule has 0 amide bonds. The molecule has 0 radical (unpaired) electrons. The number of benzene rings is 2. The minimum absolute atomic E-state index is 0.421. The monoisotopic (exact) mass is 243 g/mol. The first-order valence-electron chi connectivity index (χ1n) is 5.93. The first-order chi connectivity index (χ1) is 8.33. The lowest BCUT2D eigenvalue weighted by atomic mass is 9.93. The number of aryl methyl sites for hydroxylation is 1. The second-order valence-electron chi connectivity index (χ2n) is 4.45. The summed E-state index contributed by atoms with van der Waals surface area (Å²) >= 11 is 6.00. The lowest BCUT2D eigenvalue weighted by molar-refractivity contribution is 0.668. The second kappa shape index (κ2) is 4.42. The Balaban J connectivity index is 1.88. The summed E-state index contributed by atoms with van der Waals surface area (Å²) in [6, 6.07) is 17.1. The number of hydrogen-bond donors (Lipinski definition) is 1. The Hall–Kier alpha value is -1.47. The molecule has 1 nitrogen and oxygen atoms in total. The zero-order valence-electron chi connectivity index (χ0n) is 9.49. The van der Waals surface area contributed by atoms with Gasteiger partial charge >= 0.3 is 0 Å². The molecule has 86 valence electrons. The van der Waals surface area contributed by atoms with Gasteiger partial charge in [-0.15, -0.1) is 0 Å². The van der Waals surface area contributed by atoms with Crippen LogP contribution in [0.2, 0.25) is 5.02 Å². The van der Waals surface area contributed by atoms with Gasteiger partial charge in [0.15, 0.2) is 0 Å². The van der Waals surface area contributed by atoms with Crippen LogP contribution in [0.3, 0.4) is 0 Å². The first-order valence-corrected chi connectivity index (χ1v) is 6.30. The van der Waals surface area contributed by atoms with Crippen molar-refractivity contribution >= 4 is 17.3 Å². The topological polar surface area (TPSA) is 12.0 Å². The van der Waals surface area contributed by atoms with Crippen LogP contribution < -0.4 is 5.32 Å². The van der Waals surface area contributed by atoms with Gasteiger partial charge in [-0.1, -0.05) is 41.9 Å². The maximum Gasteiger partial charge on any atom is 0.0517 e. The van der Waals surface area contributed by atoms with Crippen molar-refractivity contribution < 1.29 is 0 Å². The highest BCUT2D eigenvalue weighted by Crippen LogP contribution is 2.33. The summed E-state index contributed by atoms with van der Waals surface area (Å²) in [5, 5.41) is 4.40. The van der Waals surface area contributed by atoms with Crippen molar-refractivity contribution in [3.05, 3.63) is 64.7 Å². The standard InChI is InChI=1S/C15H14ClN/c16-13-7-9-15-12(10-13)6-8-14(17-15)11-4-2-1-3-5-11/h1-5,7,9-10,14,17H,6,8H2/t14-/m0/s1. The minimum Gasteiger partial charge on any atom is -0.378 e. The van der Waals surface area contributed by atoms with Gasteiger partial charge in [-0.2, -0.15) is 0 Å². The molecule has 0 bridgehead atoms. The van der Waals surface area contributed by atoms with E-state index in [0.29, 0.717) is 6.04 Å². The summed E-state index contributed by atoms with van der Waals surface area (Å²) in [5.74, 6) is 0. The van der Waals surface area contributed by atoms with E-state index in [0.717, 1.165) is 17.9 Å². The molecule has 2 aromatic carbocycles. The number of halogens is 1. The van der Waals surface area contributed by atoms with Crippen molar-refractivity contribution in [2.75, 3.05) is 5.32 Å². The Labute approximate surface area is 106 Å². The van der Waals surface area contributed by atoms with Gasteiger partial charge in [0.1, 0.15) is 0 Å². The summed E-state index contributed by atoms with van der Waals surface area (Å²) in [5.41, 5.74) is 3.90. The average molecular weight is 244 g/mol. The van der Waals surface area contributed by atoms with Crippen molar-refractivity contribution in [3.63, 3.8) is 0 Å². The van der Waals surface area contributed by atoms with E-state index in [1.165, 1.54) is 16.8 Å². The summed E-state index contributed by atoms with van der Waals surface area (Å²) in [6.45, 7) is 0. The molecule has 17 heavy (non-hydrogen) atoms. The van der Waals surface area contributed by atoms with Gasteiger partial charge in [-0.25, -0.2) is 0 Å². The largest absolute Gasteiger partial charge is 0.378 e. The highest BCUT2D eigenvalue weighted by molar-refractivity contribution is 6.30. The summed E-state index contributed by atoms with van der Waals surface area (Å²) in [6.07, 6.45) is 2.21. The van der Waals surface area contributed by atoms with E-state index in [9.17, 15) is 0 Å². The molecular weight excluding hydrogens is 230 g/mol. The number of rotatable bonds is 1.